The number of ether oxygens (including phenoxy) is 1. The number of hydrogen-bond donors (Lipinski definition) is 0. The largest absolute Gasteiger partial charge is 0.488 e. The number of nitrogens with zero attached hydrogens (tertiary/aromatic N) is 2. The summed E-state index contributed by atoms with van der Waals surface area (Å²) >= 11 is 0. The van der Waals surface area contributed by atoms with Gasteiger partial charge in [-0.25, -0.2) is 0 Å². The SMILES string of the molecule is CC(=O)c1ccc(N2CCN(C(=O)c3ccccc3OCc3cccc(C)c3)CC2)cc1. The molecule has 3 aromatic rings. The van der Waals surface area contributed by atoms with E-state index in [1.54, 1.807) is 6.92 Å². The van der Waals surface area contributed by atoms with Gasteiger partial charge in [0.2, 0.25) is 0 Å². The van der Waals surface area contributed by atoms with Crippen LogP contribution >= 0.6 is 0 Å². The number of carbonyl (C=O) groups excluding carboxylic acids is 2. The highest BCUT2D eigenvalue weighted by Gasteiger charge is 2.24. The molecule has 1 fully saturated rings. The van der Waals surface area contributed by atoms with E-state index in [4.69, 9.17) is 4.74 Å². The van der Waals surface area contributed by atoms with Crippen molar-refractivity contribution in [2.75, 3.05) is 31.1 Å². The molecule has 4 rings (SSSR count). The molecule has 1 aliphatic rings. The second-order valence-electron chi connectivity index (χ2n) is 8.16. The number of benzene rings is 3. The number of hydrogen-bond acceptors (Lipinski definition) is 4. The van der Waals surface area contributed by atoms with Gasteiger partial charge < -0.3 is 14.5 Å². The monoisotopic (exact) mass is 428 g/mol. The Morgan fingerprint density at radius 3 is 2.28 bits per heavy atom. The van der Waals surface area contributed by atoms with Crippen molar-refractivity contribution in [3.8, 4) is 5.75 Å². The molecule has 0 unspecified atom stereocenters. The number of ketones is 1. The normalized spacial score (nSPS) is 13.7. The Morgan fingerprint density at radius 1 is 0.875 bits per heavy atom. The Morgan fingerprint density at radius 2 is 1.59 bits per heavy atom. The average molecular weight is 429 g/mol. The molecule has 0 saturated carbocycles. The molecule has 0 spiro atoms. The molecule has 5 nitrogen and oxygen atoms in total. The van der Waals surface area contributed by atoms with E-state index in [2.05, 4.69) is 24.0 Å². The van der Waals surface area contributed by atoms with E-state index in [9.17, 15) is 9.59 Å². The lowest BCUT2D eigenvalue weighted by atomic mass is 10.1. The molecule has 0 N–H and O–H groups in total. The summed E-state index contributed by atoms with van der Waals surface area (Å²) in [5, 5.41) is 0. The van der Waals surface area contributed by atoms with Crippen LogP contribution in [0, 0.1) is 6.92 Å². The molecule has 1 heterocycles. The molecule has 0 radical (unpaired) electrons. The van der Waals surface area contributed by atoms with Gasteiger partial charge in [-0.05, 0) is 55.8 Å². The fourth-order valence-electron chi connectivity index (χ4n) is 3.98. The first kappa shape index (κ1) is 21.6. The summed E-state index contributed by atoms with van der Waals surface area (Å²) < 4.78 is 6.03. The van der Waals surface area contributed by atoms with Crippen molar-refractivity contribution in [3.63, 3.8) is 0 Å². The van der Waals surface area contributed by atoms with Gasteiger partial charge in [-0.1, -0.05) is 42.0 Å². The maximum atomic E-state index is 13.2. The van der Waals surface area contributed by atoms with Crippen LogP contribution in [0.5, 0.6) is 5.75 Å². The van der Waals surface area contributed by atoms with Crippen molar-refractivity contribution in [2.24, 2.45) is 0 Å². The Hall–Kier alpha value is -3.60. The van der Waals surface area contributed by atoms with Crippen LogP contribution in [0.4, 0.5) is 5.69 Å². The minimum absolute atomic E-state index is 0.00331. The molecule has 3 aromatic carbocycles. The van der Waals surface area contributed by atoms with Crippen molar-refractivity contribution in [2.45, 2.75) is 20.5 Å². The highest BCUT2D eigenvalue weighted by Crippen LogP contribution is 2.23. The fraction of sp³-hybridized carbons (Fsp3) is 0.259. The first-order valence-electron chi connectivity index (χ1n) is 10.9. The zero-order valence-corrected chi connectivity index (χ0v) is 18.6. The number of piperazine rings is 1. The standard InChI is InChI=1S/C27H28N2O3/c1-20-6-5-7-22(18-20)19-32-26-9-4-3-8-25(26)27(31)29-16-14-28(15-17-29)24-12-10-23(11-13-24)21(2)30/h3-13,18H,14-17,19H2,1-2H3. The second-order valence-corrected chi connectivity index (χ2v) is 8.16. The summed E-state index contributed by atoms with van der Waals surface area (Å²) in [6, 6.07) is 23.3. The predicted molar refractivity (Wildman–Crippen MR) is 127 cm³/mol. The lowest BCUT2D eigenvalue weighted by molar-refractivity contribution is 0.0741. The van der Waals surface area contributed by atoms with Crippen molar-refractivity contribution >= 4 is 17.4 Å². The third-order valence-electron chi connectivity index (χ3n) is 5.80. The van der Waals surface area contributed by atoms with E-state index in [-0.39, 0.29) is 11.7 Å². The van der Waals surface area contributed by atoms with Crippen LogP contribution in [-0.4, -0.2) is 42.8 Å². The molecule has 1 aliphatic heterocycles. The van der Waals surface area contributed by atoms with Gasteiger partial charge in [-0.3, -0.25) is 9.59 Å². The average Bonchev–Trinajstić information content (AvgIpc) is 2.83. The maximum absolute atomic E-state index is 13.2. The molecular weight excluding hydrogens is 400 g/mol. The number of anilines is 1. The Bertz CT molecular complexity index is 1100. The number of carbonyl (C=O) groups is 2. The van der Waals surface area contributed by atoms with Crippen molar-refractivity contribution < 1.29 is 14.3 Å². The summed E-state index contributed by atoms with van der Waals surface area (Å²) in [5.74, 6) is 0.674. The second kappa shape index (κ2) is 9.69. The lowest BCUT2D eigenvalue weighted by Gasteiger charge is -2.36. The van der Waals surface area contributed by atoms with Crippen LogP contribution in [0.2, 0.25) is 0 Å². The number of Topliss-reactive ketones (excluding diaryl/α,β-unsaturated/α-hetero) is 1. The van der Waals surface area contributed by atoms with Crippen molar-refractivity contribution in [1.82, 2.24) is 4.90 Å². The van der Waals surface area contributed by atoms with Gasteiger partial charge in [-0.15, -0.1) is 0 Å². The van der Waals surface area contributed by atoms with E-state index >= 15 is 0 Å². The molecule has 0 bridgehead atoms. The number of para-hydroxylation sites is 1. The van der Waals surface area contributed by atoms with Gasteiger partial charge in [0.25, 0.3) is 5.91 Å². The Kier molecular flexibility index (Phi) is 6.55. The minimum atomic E-state index is -0.00331. The van der Waals surface area contributed by atoms with E-state index in [0.717, 1.165) is 24.3 Å². The highest BCUT2D eigenvalue weighted by molar-refractivity contribution is 5.97. The van der Waals surface area contributed by atoms with Gasteiger partial charge in [0.05, 0.1) is 5.56 Å². The summed E-state index contributed by atoms with van der Waals surface area (Å²) in [4.78, 5) is 28.9. The fourth-order valence-corrected chi connectivity index (χ4v) is 3.98. The van der Waals surface area contributed by atoms with Crippen LogP contribution in [0.1, 0.15) is 38.8 Å². The van der Waals surface area contributed by atoms with Gasteiger partial charge in [0.15, 0.2) is 5.78 Å². The smallest absolute Gasteiger partial charge is 0.257 e. The van der Waals surface area contributed by atoms with Gasteiger partial charge in [0, 0.05) is 37.4 Å². The Balaban J connectivity index is 1.39. The number of aryl methyl sites for hydroxylation is 1. The van der Waals surface area contributed by atoms with Gasteiger partial charge in [0.1, 0.15) is 12.4 Å². The summed E-state index contributed by atoms with van der Waals surface area (Å²) in [5.41, 5.74) is 4.65. The van der Waals surface area contributed by atoms with E-state index in [1.165, 1.54) is 5.56 Å². The van der Waals surface area contributed by atoms with Gasteiger partial charge in [-0.2, -0.15) is 0 Å². The summed E-state index contributed by atoms with van der Waals surface area (Å²) in [6.45, 7) is 6.82. The summed E-state index contributed by atoms with van der Waals surface area (Å²) in [7, 11) is 0. The molecule has 0 aliphatic carbocycles. The van der Waals surface area contributed by atoms with E-state index in [0.29, 0.717) is 36.6 Å². The third kappa shape index (κ3) is 4.99. The third-order valence-corrected chi connectivity index (χ3v) is 5.80. The number of amides is 1. The van der Waals surface area contributed by atoms with Gasteiger partial charge >= 0.3 is 0 Å². The molecule has 1 saturated heterocycles. The molecule has 0 atom stereocenters. The molecular formula is C27H28N2O3. The quantitative estimate of drug-likeness (QED) is 0.532. The van der Waals surface area contributed by atoms with Crippen LogP contribution in [0.3, 0.4) is 0 Å². The number of rotatable bonds is 6. The minimum Gasteiger partial charge on any atom is -0.488 e. The van der Waals surface area contributed by atoms with Crippen molar-refractivity contribution in [1.29, 1.82) is 0 Å². The Labute approximate surface area is 189 Å². The van der Waals surface area contributed by atoms with E-state index < -0.39 is 0 Å². The van der Waals surface area contributed by atoms with Crippen molar-refractivity contribution in [3.05, 3.63) is 95.1 Å². The van der Waals surface area contributed by atoms with Crippen LogP contribution in [0.25, 0.3) is 0 Å². The van der Waals surface area contributed by atoms with Crippen LogP contribution in [-0.2, 0) is 6.61 Å². The molecule has 5 heteroatoms. The summed E-state index contributed by atoms with van der Waals surface area (Å²) in [6.07, 6.45) is 0. The maximum Gasteiger partial charge on any atom is 0.257 e. The van der Waals surface area contributed by atoms with Crippen LogP contribution in [0.15, 0.2) is 72.8 Å². The topological polar surface area (TPSA) is 49.9 Å². The molecule has 0 aromatic heterocycles. The zero-order valence-electron chi connectivity index (χ0n) is 18.6. The first-order chi connectivity index (χ1) is 15.5. The van der Waals surface area contributed by atoms with E-state index in [1.807, 2.05) is 65.6 Å². The molecule has 32 heavy (non-hydrogen) atoms. The zero-order chi connectivity index (χ0) is 22.5. The first-order valence-corrected chi connectivity index (χ1v) is 10.9. The highest BCUT2D eigenvalue weighted by atomic mass is 16.5. The van der Waals surface area contributed by atoms with Crippen LogP contribution < -0.4 is 9.64 Å². The lowest BCUT2D eigenvalue weighted by Crippen LogP contribution is -2.48. The molecule has 164 valence electrons. The molecule has 1 amide bonds. The predicted octanol–water partition coefficient (Wildman–Crippen LogP) is 4.74.